The zero-order valence-electron chi connectivity index (χ0n) is 17.3. The number of ether oxygens (including phenoxy) is 1. The van der Waals surface area contributed by atoms with E-state index in [9.17, 15) is 0 Å². The summed E-state index contributed by atoms with van der Waals surface area (Å²) in [5.74, 6) is 8.91. The first kappa shape index (κ1) is 22.4. The van der Waals surface area contributed by atoms with Gasteiger partial charge in [0, 0.05) is 5.02 Å². The van der Waals surface area contributed by atoms with Crippen LogP contribution in [0, 0.1) is 0 Å². The molecule has 2 N–H and O–H groups in total. The molecular formula is C21H20Cl2N6O2S. The molecule has 4 rings (SSSR count). The molecule has 32 heavy (non-hydrogen) atoms. The van der Waals surface area contributed by atoms with Gasteiger partial charge in [0.1, 0.15) is 12.4 Å². The molecule has 11 heteroatoms. The fraction of sp³-hybridized carbons (Fsp3) is 0.238. The number of nitrogens with zero attached hydrogens (tertiary/aromatic N) is 5. The SMILES string of the molecule is CC(C)c1ccc(OCc2nnc(SCc3nnc(-c4ccc(Cl)cc4Cl)o3)n2N)cc1. The van der Waals surface area contributed by atoms with E-state index in [-0.39, 0.29) is 6.61 Å². The molecule has 0 unspecified atom stereocenters. The maximum Gasteiger partial charge on any atom is 0.249 e. The van der Waals surface area contributed by atoms with Crippen molar-refractivity contribution in [1.82, 2.24) is 25.1 Å². The second-order valence-electron chi connectivity index (χ2n) is 7.20. The highest BCUT2D eigenvalue weighted by molar-refractivity contribution is 7.98. The van der Waals surface area contributed by atoms with E-state index in [1.165, 1.54) is 22.0 Å². The second-order valence-corrected chi connectivity index (χ2v) is 8.98. The van der Waals surface area contributed by atoms with Crippen LogP contribution >= 0.6 is 35.0 Å². The summed E-state index contributed by atoms with van der Waals surface area (Å²) in [7, 11) is 0. The van der Waals surface area contributed by atoms with Crippen molar-refractivity contribution >= 4 is 35.0 Å². The third-order valence-corrected chi connectivity index (χ3v) is 6.08. The summed E-state index contributed by atoms with van der Waals surface area (Å²) in [6.45, 7) is 4.49. The van der Waals surface area contributed by atoms with E-state index < -0.39 is 0 Å². The Balaban J connectivity index is 1.35. The Morgan fingerprint density at radius 3 is 2.56 bits per heavy atom. The summed E-state index contributed by atoms with van der Waals surface area (Å²) in [6, 6.07) is 13.0. The maximum absolute atomic E-state index is 6.20. The number of hydrogen-bond acceptors (Lipinski definition) is 8. The highest BCUT2D eigenvalue weighted by atomic mass is 35.5. The van der Waals surface area contributed by atoms with Crippen LogP contribution < -0.4 is 10.6 Å². The summed E-state index contributed by atoms with van der Waals surface area (Å²) in [5.41, 5.74) is 1.86. The minimum atomic E-state index is 0.199. The summed E-state index contributed by atoms with van der Waals surface area (Å²) in [5, 5.41) is 17.8. The number of hydrogen-bond donors (Lipinski definition) is 1. The third kappa shape index (κ3) is 5.17. The van der Waals surface area contributed by atoms with Gasteiger partial charge >= 0.3 is 0 Å². The molecule has 0 radical (unpaired) electrons. The van der Waals surface area contributed by atoms with Crippen LogP contribution in [0.4, 0.5) is 0 Å². The lowest BCUT2D eigenvalue weighted by molar-refractivity contribution is 0.291. The molecule has 2 aromatic heterocycles. The molecule has 0 bridgehead atoms. The third-order valence-electron chi connectivity index (χ3n) is 4.60. The molecular weight excluding hydrogens is 471 g/mol. The van der Waals surface area contributed by atoms with Crippen LogP contribution in [0.25, 0.3) is 11.5 Å². The average Bonchev–Trinajstić information content (AvgIpc) is 3.37. The molecule has 2 aromatic carbocycles. The normalized spacial score (nSPS) is 11.3. The molecule has 0 aliphatic carbocycles. The van der Waals surface area contributed by atoms with Gasteiger partial charge in [0.25, 0.3) is 0 Å². The Kier molecular flexibility index (Phi) is 6.88. The van der Waals surface area contributed by atoms with Crippen molar-refractivity contribution in [1.29, 1.82) is 0 Å². The Labute approximate surface area is 199 Å². The van der Waals surface area contributed by atoms with Gasteiger partial charge in [0.05, 0.1) is 16.3 Å². The highest BCUT2D eigenvalue weighted by Crippen LogP contribution is 2.30. The van der Waals surface area contributed by atoms with Crippen LogP contribution in [0.3, 0.4) is 0 Å². The Morgan fingerprint density at radius 1 is 1.06 bits per heavy atom. The monoisotopic (exact) mass is 490 g/mol. The molecule has 0 amide bonds. The van der Waals surface area contributed by atoms with E-state index in [1.807, 2.05) is 24.3 Å². The van der Waals surface area contributed by atoms with Crippen molar-refractivity contribution in [2.24, 2.45) is 0 Å². The Hall–Kier alpha value is -2.75. The van der Waals surface area contributed by atoms with Gasteiger partial charge in [-0.1, -0.05) is 60.9 Å². The first-order chi connectivity index (χ1) is 15.4. The van der Waals surface area contributed by atoms with Gasteiger partial charge in [0.2, 0.25) is 16.9 Å². The van der Waals surface area contributed by atoms with Crippen LogP contribution in [-0.2, 0) is 12.4 Å². The fourth-order valence-electron chi connectivity index (χ4n) is 2.81. The standard InChI is InChI=1S/C21H20Cl2N6O2S/c1-12(2)13-3-6-15(7-4-13)30-10-18-25-28-21(29(18)24)32-11-19-26-27-20(31-19)16-8-5-14(22)9-17(16)23/h3-9,12H,10-11,24H2,1-2H3. The zero-order chi connectivity index (χ0) is 22.7. The van der Waals surface area contributed by atoms with Gasteiger partial charge in [-0.2, -0.15) is 0 Å². The van der Waals surface area contributed by atoms with E-state index in [1.54, 1.807) is 18.2 Å². The summed E-state index contributed by atoms with van der Waals surface area (Å²) >= 11 is 13.4. The van der Waals surface area contributed by atoms with Crippen LogP contribution in [0.5, 0.6) is 5.75 Å². The van der Waals surface area contributed by atoms with Crippen LogP contribution in [0.1, 0.15) is 37.0 Å². The molecule has 8 nitrogen and oxygen atoms in total. The highest BCUT2D eigenvalue weighted by Gasteiger charge is 2.15. The quantitative estimate of drug-likeness (QED) is 0.260. The number of nitrogens with two attached hydrogens (primary N) is 1. The van der Waals surface area contributed by atoms with Gasteiger partial charge < -0.3 is 15.0 Å². The van der Waals surface area contributed by atoms with E-state index >= 15 is 0 Å². The van der Waals surface area contributed by atoms with Crippen LogP contribution in [0.15, 0.2) is 52.0 Å². The molecule has 0 fully saturated rings. The van der Waals surface area contributed by atoms with Crippen molar-refractivity contribution in [2.45, 2.75) is 37.3 Å². The van der Waals surface area contributed by atoms with Gasteiger partial charge in [-0.25, -0.2) is 4.68 Å². The predicted octanol–water partition coefficient (Wildman–Crippen LogP) is 5.34. The first-order valence-corrected chi connectivity index (χ1v) is 11.5. The summed E-state index contributed by atoms with van der Waals surface area (Å²) in [6.07, 6.45) is 0. The molecule has 0 aliphatic rings. The summed E-state index contributed by atoms with van der Waals surface area (Å²) < 4.78 is 12.9. The van der Waals surface area contributed by atoms with E-state index in [0.29, 0.717) is 50.0 Å². The molecule has 0 spiro atoms. The van der Waals surface area contributed by atoms with Crippen molar-refractivity contribution in [3.05, 3.63) is 69.8 Å². The van der Waals surface area contributed by atoms with Gasteiger partial charge in [-0.15, -0.1) is 20.4 Å². The number of aromatic nitrogens is 5. The lowest BCUT2D eigenvalue weighted by Gasteiger charge is -2.08. The van der Waals surface area contributed by atoms with Crippen molar-refractivity contribution < 1.29 is 9.15 Å². The lowest BCUT2D eigenvalue weighted by Crippen LogP contribution is -2.15. The minimum Gasteiger partial charge on any atom is -0.486 e. The number of rotatable bonds is 8. The summed E-state index contributed by atoms with van der Waals surface area (Å²) in [4.78, 5) is 0. The maximum atomic E-state index is 6.20. The molecule has 0 saturated carbocycles. The predicted molar refractivity (Wildman–Crippen MR) is 124 cm³/mol. The zero-order valence-corrected chi connectivity index (χ0v) is 19.7. The van der Waals surface area contributed by atoms with Crippen molar-refractivity contribution in [3.8, 4) is 17.2 Å². The number of halogens is 2. The number of nitrogen functional groups attached to an aromatic ring is 1. The van der Waals surface area contributed by atoms with Gasteiger partial charge in [0.15, 0.2) is 5.82 Å². The minimum absolute atomic E-state index is 0.199. The Morgan fingerprint density at radius 2 is 1.84 bits per heavy atom. The van der Waals surface area contributed by atoms with Crippen molar-refractivity contribution in [2.75, 3.05) is 5.84 Å². The Bertz CT molecular complexity index is 1210. The lowest BCUT2D eigenvalue weighted by atomic mass is 10.0. The fourth-order valence-corrected chi connectivity index (χ4v) is 4.01. The van der Waals surface area contributed by atoms with Gasteiger partial charge in [-0.05, 0) is 41.8 Å². The largest absolute Gasteiger partial charge is 0.486 e. The topological polar surface area (TPSA) is 105 Å². The second kappa shape index (κ2) is 9.81. The van der Waals surface area contributed by atoms with E-state index in [4.69, 9.17) is 38.2 Å². The molecule has 2 heterocycles. The molecule has 166 valence electrons. The van der Waals surface area contributed by atoms with Gasteiger partial charge in [-0.3, -0.25) is 0 Å². The van der Waals surface area contributed by atoms with Crippen LogP contribution in [0.2, 0.25) is 10.0 Å². The number of thioether (sulfide) groups is 1. The van der Waals surface area contributed by atoms with E-state index in [2.05, 4.69) is 34.2 Å². The first-order valence-electron chi connectivity index (χ1n) is 9.73. The van der Waals surface area contributed by atoms with E-state index in [0.717, 1.165) is 5.75 Å². The smallest absolute Gasteiger partial charge is 0.249 e. The molecule has 0 saturated heterocycles. The average molecular weight is 491 g/mol. The van der Waals surface area contributed by atoms with Crippen LogP contribution in [-0.4, -0.2) is 25.1 Å². The number of benzene rings is 2. The molecule has 0 atom stereocenters. The van der Waals surface area contributed by atoms with Crippen molar-refractivity contribution in [3.63, 3.8) is 0 Å². The molecule has 4 aromatic rings. The molecule has 0 aliphatic heterocycles.